The number of benzene rings is 2. The highest BCUT2D eigenvalue weighted by molar-refractivity contribution is 7.94. The second-order valence-electron chi connectivity index (χ2n) is 6.51. The number of nitrogens with one attached hydrogen (secondary N) is 1. The lowest BCUT2D eigenvalue weighted by Crippen LogP contribution is -2.31. The van der Waals surface area contributed by atoms with Crippen molar-refractivity contribution in [2.24, 2.45) is 0 Å². The minimum atomic E-state index is -3.66. The topological polar surface area (TPSA) is 75.7 Å². The summed E-state index contributed by atoms with van der Waals surface area (Å²) in [4.78, 5) is 14.2. The van der Waals surface area contributed by atoms with Gasteiger partial charge in [-0.3, -0.25) is 9.52 Å². The molecule has 0 atom stereocenters. The summed E-state index contributed by atoms with van der Waals surface area (Å²) in [5, 5.41) is 1.70. The summed E-state index contributed by atoms with van der Waals surface area (Å²) >= 11 is 1.13. The Bertz CT molecular complexity index is 1060. The number of rotatable bonds is 8. The molecule has 0 fully saturated rings. The quantitative estimate of drug-likeness (QED) is 0.586. The molecule has 152 valence electrons. The van der Waals surface area contributed by atoms with Crippen LogP contribution in [0.2, 0.25) is 0 Å². The van der Waals surface area contributed by atoms with Gasteiger partial charge in [0.15, 0.2) is 0 Å². The van der Waals surface area contributed by atoms with Gasteiger partial charge in [-0.15, -0.1) is 11.3 Å². The molecule has 1 aromatic heterocycles. The number of aryl methyl sites for hydroxylation is 1. The number of anilines is 1. The summed E-state index contributed by atoms with van der Waals surface area (Å²) in [6, 6.07) is 17.4. The Morgan fingerprint density at radius 1 is 1.10 bits per heavy atom. The van der Waals surface area contributed by atoms with Gasteiger partial charge in [0, 0.05) is 18.3 Å². The van der Waals surface area contributed by atoms with Crippen molar-refractivity contribution in [1.29, 1.82) is 0 Å². The van der Waals surface area contributed by atoms with E-state index < -0.39 is 10.0 Å². The fraction of sp³-hybridized carbons (Fsp3) is 0.190. The molecule has 3 aromatic rings. The van der Waals surface area contributed by atoms with Crippen molar-refractivity contribution >= 4 is 33.0 Å². The van der Waals surface area contributed by atoms with E-state index in [0.29, 0.717) is 24.4 Å². The first-order chi connectivity index (χ1) is 13.8. The average molecular weight is 431 g/mol. The van der Waals surface area contributed by atoms with Crippen molar-refractivity contribution in [3.63, 3.8) is 0 Å². The van der Waals surface area contributed by atoms with Gasteiger partial charge >= 0.3 is 0 Å². The predicted molar refractivity (Wildman–Crippen MR) is 115 cm³/mol. The Morgan fingerprint density at radius 3 is 2.55 bits per heavy atom. The van der Waals surface area contributed by atoms with Crippen molar-refractivity contribution in [2.75, 3.05) is 24.9 Å². The van der Waals surface area contributed by atoms with E-state index in [2.05, 4.69) is 4.72 Å². The maximum absolute atomic E-state index is 12.7. The fourth-order valence-corrected chi connectivity index (χ4v) is 4.64. The monoisotopic (exact) mass is 430 g/mol. The number of amides is 1. The van der Waals surface area contributed by atoms with E-state index in [-0.39, 0.29) is 10.1 Å². The van der Waals surface area contributed by atoms with Gasteiger partial charge in [0.2, 0.25) is 0 Å². The zero-order chi connectivity index (χ0) is 20.9. The lowest BCUT2D eigenvalue weighted by molar-refractivity contribution is 0.0774. The zero-order valence-electron chi connectivity index (χ0n) is 16.2. The molecule has 0 aliphatic heterocycles. The summed E-state index contributed by atoms with van der Waals surface area (Å²) in [5.74, 6) is 0.538. The Labute approximate surface area is 174 Å². The van der Waals surface area contributed by atoms with Crippen molar-refractivity contribution in [1.82, 2.24) is 4.90 Å². The standard InChI is InChI=1S/C21H22N2O4S2/c1-16-8-10-19(11-9-16)27-13-12-23(2)21(24)17-5-3-6-18(15-17)22-29(25,26)20-7-4-14-28-20/h3-11,14-15,22H,12-13H2,1-2H3. The smallest absolute Gasteiger partial charge is 0.271 e. The van der Waals surface area contributed by atoms with E-state index in [1.807, 2.05) is 31.2 Å². The van der Waals surface area contributed by atoms with Crippen molar-refractivity contribution < 1.29 is 17.9 Å². The molecule has 6 nitrogen and oxygen atoms in total. The van der Waals surface area contributed by atoms with Crippen LogP contribution in [0.5, 0.6) is 5.75 Å². The van der Waals surface area contributed by atoms with Gasteiger partial charge in [-0.2, -0.15) is 0 Å². The first kappa shape index (κ1) is 20.9. The van der Waals surface area contributed by atoms with Gasteiger partial charge in [-0.05, 0) is 48.7 Å². The molecule has 3 rings (SSSR count). The van der Waals surface area contributed by atoms with Crippen LogP contribution in [0.25, 0.3) is 0 Å². The van der Waals surface area contributed by atoms with Gasteiger partial charge in [0.05, 0.1) is 6.54 Å². The Hall–Kier alpha value is -2.84. The van der Waals surface area contributed by atoms with Crippen molar-refractivity contribution in [3.8, 4) is 5.75 Å². The molecule has 0 aliphatic carbocycles. The minimum absolute atomic E-state index is 0.213. The fourth-order valence-electron chi connectivity index (χ4n) is 2.59. The van der Waals surface area contributed by atoms with Crippen LogP contribution in [-0.4, -0.2) is 39.4 Å². The van der Waals surface area contributed by atoms with Crippen LogP contribution in [-0.2, 0) is 10.0 Å². The zero-order valence-corrected chi connectivity index (χ0v) is 17.8. The summed E-state index contributed by atoms with van der Waals surface area (Å²) in [6.07, 6.45) is 0. The lowest BCUT2D eigenvalue weighted by Gasteiger charge is -2.18. The first-order valence-corrected chi connectivity index (χ1v) is 11.3. The maximum Gasteiger partial charge on any atom is 0.271 e. The van der Waals surface area contributed by atoms with Crippen LogP contribution in [0, 0.1) is 6.92 Å². The molecule has 8 heteroatoms. The SMILES string of the molecule is Cc1ccc(OCCN(C)C(=O)c2cccc(NS(=O)(=O)c3cccs3)c2)cc1. The Balaban J connectivity index is 1.60. The normalized spacial score (nSPS) is 11.1. The molecule has 0 radical (unpaired) electrons. The second-order valence-corrected chi connectivity index (χ2v) is 9.36. The molecule has 0 aliphatic rings. The predicted octanol–water partition coefficient (Wildman–Crippen LogP) is 4.01. The Kier molecular flexibility index (Phi) is 6.56. The third kappa shape index (κ3) is 5.58. The molecule has 0 unspecified atom stereocenters. The molecule has 0 bridgehead atoms. The highest BCUT2D eigenvalue weighted by atomic mass is 32.2. The van der Waals surface area contributed by atoms with Crippen LogP contribution in [0.15, 0.2) is 70.3 Å². The largest absolute Gasteiger partial charge is 0.492 e. The second kappa shape index (κ2) is 9.11. The van der Waals surface area contributed by atoms with E-state index in [0.717, 1.165) is 22.6 Å². The van der Waals surface area contributed by atoms with Gasteiger partial charge < -0.3 is 9.64 Å². The van der Waals surface area contributed by atoms with Crippen LogP contribution in [0.3, 0.4) is 0 Å². The van der Waals surface area contributed by atoms with Crippen LogP contribution < -0.4 is 9.46 Å². The summed E-state index contributed by atoms with van der Waals surface area (Å²) in [7, 11) is -1.97. The highest BCUT2D eigenvalue weighted by Crippen LogP contribution is 2.21. The first-order valence-electron chi connectivity index (χ1n) is 8.96. The molecule has 2 aromatic carbocycles. The number of sulfonamides is 1. The highest BCUT2D eigenvalue weighted by Gasteiger charge is 2.17. The van der Waals surface area contributed by atoms with Crippen molar-refractivity contribution in [2.45, 2.75) is 11.1 Å². The third-order valence-corrected chi connectivity index (χ3v) is 6.96. The number of hydrogen-bond donors (Lipinski definition) is 1. The molecule has 29 heavy (non-hydrogen) atoms. The molecule has 1 amide bonds. The Morgan fingerprint density at radius 2 is 1.86 bits per heavy atom. The van der Waals surface area contributed by atoms with Crippen molar-refractivity contribution in [3.05, 3.63) is 77.2 Å². The van der Waals surface area contributed by atoms with E-state index in [1.54, 1.807) is 41.6 Å². The lowest BCUT2D eigenvalue weighted by atomic mass is 10.2. The van der Waals surface area contributed by atoms with Gasteiger partial charge in [-0.1, -0.05) is 29.8 Å². The number of nitrogens with zero attached hydrogens (tertiary/aromatic N) is 1. The summed E-state index contributed by atoms with van der Waals surface area (Å²) < 4.78 is 33.1. The number of carbonyl (C=O) groups excluding carboxylic acids is 1. The number of thiophene rings is 1. The van der Waals surface area contributed by atoms with Gasteiger partial charge in [0.25, 0.3) is 15.9 Å². The number of ether oxygens (including phenoxy) is 1. The maximum atomic E-state index is 12.7. The average Bonchev–Trinajstić information content (AvgIpc) is 3.25. The molecule has 0 spiro atoms. The minimum Gasteiger partial charge on any atom is -0.492 e. The molecule has 1 N–H and O–H groups in total. The number of carbonyl (C=O) groups is 1. The van der Waals surface area contributed by atoms with Crippen LogP contribution in [0.1, 0.15) is 15.9 Å². The summed E-state index contributed by atoms with van der Waals surface area (Å²) in [5.41, 5.74) is 1.89. The molecule has 1 heterocycles. The number of hydrogen-bond acceptors (Lipinski definition) is 5. The third-order valence-electron chi connectivity index (χ3n) is 4.18. The van der Waals surface area contributed by atoms with E-state index in [9.17, 15) is 13.2 Å². The number of likely N-dealkylation sites (N-methyl/N-ethyl adjacent to an activating group) is 1. The van der Waals surface area contributed by atoms with Crippen LogP contribution in [0.4, 0.5) is 5.69 Å². The van der Waals surface area contributed by atoms with E-state index in [4.69, 9.17) is 4.74 Å². The molecule has 0 saturated carbocycles. The summed E-state index contributed by atoms with van der Waals surface area (Å²) in [6.45, 7) is 2.76. The molecular formula is C21H22N2O4S2. The van der Waals surface area contributed by atoms with Gasteiger partial charge in [0.1, 0.15) is 16.6 Å². The van der Waals surface area contributed by atoms with E-state index in [1.165, 1.54) is 12.1 Å². The van der Waals surface area contributed by atoms with Gasteiger partial charge in [-0.25, -0.2) is 8.42 Å². The van der Waals surface area contributed by atoms with Crippen LogP contribution >= 0.6 is 11.3 Å². The molecule has 0 saturated heterocycles. The van der Waals surface area contributed by atoms with E-state index >= 15 is 0 Å². The molecular weight excluding hydrogens is 408 g/mol.